The van der Waals surface area contributed by atoms with E-state index in [0.29, 0.717) is 5.46 Å². The van der Waals surface area contributed by atoms with E-state index >= 15 is 0 Å². The van der Waals surface area contributed by atoms with Crippen LogP contribution in [0.2, 0.25) is 0 Å². The van der Waals surface area contributed by atoms with Crippen molar-refractivity contribution in [1.82, 2.24) is 0 Å². The molecule has 0 fully saturated rings. The summed E-state index contributed by atoms with van der Waals surface area (Å²) in [5, 5.41) is 17.8. The normalized spacial score (nSPS) is 15.4. The van der Waals surface area contributed by atoms with E-state index in [1.54, 1.807) is 12.1 Å². The van der Waals surface area contributed by atoms with Crippen molar-refractivity contribution in [3.05, 3.63) is 35.9 Å². The largest absolute Gasteiger partial charge is 0.488 e. The van der Waals surface area contributed by atoms with Crippen LogP contribution >= 0.6 is 0 Å². The maximum absolute atomic E-state index is 8.92. The number of rotatable bonds is 2. The minimum absolute atomic E-state index is 0.548. The second kappa shape index (κ2) is 3.99. The average molecular weight is 188 g/mol. The smallest absolute Gasteiger partial charge is 0.423 e. The second-order valence-electron chi connectivity index (χ2n) is 3.62. The summed E-state index contributed by atoms with van der Waals surface area (Å²) in [5.74, 6) is 0. The van der Waals surface area contributed by atoms with Gasteiger partial charge in [-0.25, -0.2) is 0 Å². The molecule has 0 aliphatic heterocycles. The predicted molar refractivity (Wildman–Crippen MR) is 58.1 cm³/mol. The molecule has 0 spiro atoms. The van der Waals surface area contributed by atoms with E-state index in [9.17, 15) is 0 Å². The van der Waals surface area contributed by atoms with Crippen molar-refractivity contribution in [1.29, 1.82) is 0 Å². The van der Waals surface area contributed by atoms with Crippen molar-refractivity contribution >= 4 is 18.2 Å². The van der Waals surface area contributed by atoms with Gasteiger partial charge < -0.3 is 10.0 Å². The zero-order chi connectivity index (χ0) is 9.97. The standard InChI is InChI=1S/C11H13BO2/c13-12(14)11-7-5-10(6-8-11)9-3-1-2-4-9/h3,5-8,13-14H,1-2,4H2. The van der Waals surface area contributed by atoms with Gasteiger partial charge >= 0.3 is 7.12 Å². The maximum Gasteiger partial charge on any atom is 0.488 e. The second-order valence-corrected chi connectivity index (χ2v) is 3.62. The van der Waals surface area contributed by atoms with Crippen molar-refractivity contribution in [2.24, 2.45) is 0 Å². The molecule has 2 rings (SSSR count). The van der Waals surface area contributed by atoms with Gasteiger partial charge in [0.2, 0.25) is 0 Å². The molecule has 0 atom stereocenters. The van der Waals surface area contributed by atoms with E-state index in [0.717, 1.165) is 6.42 Å². The molecular weight excluding hydrogens is 175 g/mol. The Morgan fingerprint density at radius 2 is 1.79 bits per heavy atom. The molecule has 1 aliphatic rings. The van der Waals surface area contributed by atoms with Gasteiger partial charge in [0.05, 0.1) is 0 Å². The van der Waals surface area contributed by atoms with E-state index < -0.39 is 7.12 Å². The fourth-order valence-electron chi connectivity index (χ4n) is 1.80. The molecule has 0 bridgehead atoms. The van der Waals surface area contributed by atoms with Gasteiger partial charge in [-0.2, -0.15) is 0 Å². The van der Waals surface area contributed by atoms with Crippen LogP contribution in [0.4, 0.5) is 0 Å². The van der Waals surface area contributed by atoms with Crippen LogP contribution in [-0.2, 0) is 0 Å². The average Bonchev–Trinajstić information content (AvgIpc) is 2.71. The van der Waals surface area contributed by atoms with Crippen molar-refractivity contribution in [2.75, 3.05) is 0 Å². The van der Waals surface area contributed by atoms with Gasteiger partial charge in [0.1, 0.15) is 0 Å². The third kappa shape index (κ3) is 1.89. The van der Waals surface area contributed by atoms with Crippen LogP contribution in [-0.4, -0.2) is 17.2 Å². The van der Waals surface area contributed by atoms with E-state index in [-0.39, 0.29) is 0 Å². The summed E-state index contributed by atoms with van der Waals surface area (Å²) in [5.41, 5.74) is 3.13. The summed E-state index contributed by atoms with van der Waals surface area (Å²) in [6.45, 7) is 0. The van der Waals surface area contributed by atoms with Gasteiger partial charge in [-0.1, -0.05) is 30.3 Å². The molecule has 2 nitrogen and oxygen atoms in total. The first-order valence-corrected chi connectivity index (χ1v) is 4.93. The van der Waals surface area contributed by atoms with Gasteiger partial charge in [0.25, 0.3) is 0 Å². The lowest BCUT2D eigenvalue weighted by molar-refractivity contribution is 0.426. The van der Waals surface area contributed by atoms with Crippen LogP contribution in [0.1, 0.15) is 24.8 Å². The highest BCUT2D eigenvalue weighted by Gasteiger charge is 2.11. The number of allylic oxidation sites excluding steroid dienone is 2. The van der Waals surface area contributed by atoms with Crippen LogP contribution in [0.25, 0.3) is 5.57 Å². The van der Waals surface area contributed by atoms with Gasteiger partial charge in [0, 0.05) is 0 Å². The Labute approximate surface area is 84.0 Å². The first kappa shape index (κ1) is 9.50. The molecule has 0 unspecified atom stereocenters. The predicted octanol–water partition coefficient (Wildman–Crippen LogP) is 0.934. The topological polar surface area (TPSA) is 40.5 Å². The Kier molecular flexibility index (Phi) is 2.70. The van der Waals surface area contributed by atoms with Gasteiger partial charge in [-0.3, -0.25) is 0 Å². The summed E-state index contributed by atoms with van der Waals surface area (Å²) in [6.07, 6.45) is 5.80. The minimum atomic E-state index is -1.36. The van der Waals surface area contributed by atoms with Crippen molar-refractivity contribution in [3.63, 3.8) is 0 Å². The SMILES string of the molecule is OB(O)c1ccc(C2=CCCC2)cc1. The lowest BCUT2D eigenvalue weighted by Gasteiger charge is -2.03. The highest BCUT2D eigenvalue weighted by atomic mass is 16.4. The van der Waals surface area contributed by atoms with Gasteiger partial charge in [-0.15, -0.1) is 0 Å². The van der Waals surface area contributed by atoms with Crippen LogP contribution in [0.3, 0.4) is 0 Å². The quantitative estimate of drug-likeness (QED) is 0.678. The summed E-state index contributed by atoms with van der Waals surface area (Å²) in [6, 6.07) is 7.43. The molecule has 1 aromatic rings. The van der Waals surface area contributed by atoms with Crippen LogP contribution in [0.15, 0.2) is 30.3 Å². The molecule has 72 valence electrons. The summed E-state index contributed by atoms with van der Waals surface area (Å²) in [7, 11) is -1.36. The number of hydrogen-bond donors (Lipinski definition) is 2. The maximum atomic E-state index is 8.92. The van der Waals surface area contributed by atoms with Crippen LogP contribution in [0.5, 0.6) is 0 Å². The third-order valence-electron chi connectivity index (χ3n) is 2.62. The molecule has 0 heterocycles. The zero-order valence-electron chi connectivity index (χ0n) is 7.98. The molecule has 2 N–H and O–H groups in total. The molecule has 1 aromatic carbocycles. The highest BCUT2D eigenvalue weighted by Crippen LogP contribution is 2.26. The summed E-state index contributed by atoms with van der Waals surface area (Å²) in [4.78, 5) is 0. The molecule has 14 heavy (non-hydrogen) atoms. The summed E-state index contributed by atoms with van der Waals surface area (Å²) < 4.78 is 0. The Bertz CT molecular complexity index is 341. The fraction of sp³-hybridized carbons (Fsp3) is 0.273. The van der Waals surface area contributed by atoms with E-state index in [1.165, 1.54) is 24.0 Å². The van der Waals surface area contributed by atoms with Gasteiger partial charge in [0.15, 0.2) is 0 Å². The molecule has 0 saturated heterocycles. The molecule has 1 aliphatic carbocycles. The molecule has 0 aromatic heterocycles. The highest BCUT2D eigenvalue weighted by molar-refractivity contribution is 6.58. The molecular formula is C11H13BO2. The van der Waals surface area contributed by atoms with Crippen molar-refractivity contribution < 1.29 is 10.0 Å². The van der Waals surface area contributed by atoms with E-state index in [2.05, 4.69) is 6.08 Å². The molecule has 3 heteroatoms. The van der Waals surface area contributed by atoms with Gasteiger partial charge in [-0.05, 0) is 35.9 Å². The molecule has 0 saturated carbocycles. The Hall–Kier alpha value is -1.06. The summed E-state index contributed by atoms with van der Waals surface area (Å²) >= 11 is 0. The minimum Gasteiger partial charge on any atom is -0.423 e. The number of hydrogen-bond acceptors (Lipinski definition) is 2. The molecule has 0 amide bonds. The first-order valence-electron chi connectivity index (χ1n) is 4.93. The zero-order valence-corrected chi connectivity index (χ0v) is 7.98. The monoisotopic (exact) mass is 188 g/mol. The Balaban J connectivity index is 2.21. The number of benzene rings is 1. The third-order valence-corrected chi connectivity index (χ3v) is 2.62. The van der Waals surface area contributed by atoms with E-state index in [4.69, 9.17) is 10.0 Å². The Morgan fingerprint density at radius 3 is 2.29 bits per heavy atom. The molecule has 0 radical (unpaired) electrons. The van der Waals surface area contributed by atoms with Crippen LogP contribution < -0.4 is 5.46 Å². The lowest BCUT2D eigenvalue weighted by atomic mass is 9.80. The Morgan fingerprint density at radius 1 is 1.07 bits per heavy atom. The van der Waals surface area contributed by atoms with E-state index in [1.807, 2.05) is 12.1 Å². The lowest BCUT2D eigenvalue weighted by Crippen LogP contribution is -2.29. The van der Waals surface area contributed by atoms with Crippen molar-refractivity contribution in [3.8, 4) is 0 Å². The van der Waals surface area contributed by atoms with Crippen LogP contribution in [0, 0.1) is 0 Å². The first-order chi connectivity index (χ1) is 6.77. The van der Waals surface area contributed by atoms with Crippen molar-refractivity contribution in [2.45, 2.75) is 19.3 Å². The fourth-order valence-corrected chi connectivity index (χ4v) is 1.80.